The van der Waals surface area contributed by atoms with Crippen LogP contribution in [0.4, 0.5) is 11.4 Å². The molecule has 0 saturated carbocycles. The molecule has 1 aromatic rings. The normalized spacial score (nSPS) is 18.6. The summed E-state index contributed by atoms with van der Waals surface area (Å²) in [6, 6.07) is 4.21. The molecule has 1 aromatic carbocycles. The molecule has 1 fully saturated rings. The van der Waals surface area contributed by atoms with Crippen LogP contribution < -0.4 is 5.32 Å². The van der Waals surface area contributed by atoms with E-state index in [9.17, 15) is 14.9 Å². The first-order chi connectivity index (χ1) is 8.58. The van der Waals surface area contributed by atoms with Crippen molar-refractivity contribution in [3.63, 3.8) is 0 Å². The molecular weight excluding hydrogens is 304 g/mol. The number of halogens is 1. The standard InChI is InChI=1S/C11H11BrN2O4/c12-8-4-3-7(14(16)17)6-9(8)13-11(15)10-2-1-5-18-10/h3-4,6,10H,1-2,5H2,(H,13,15). The van der Waals surface area contributed by atoms with Crippen molar-refractivity contribution >= 4 is 33.2 Å². The van der Waals surface area contributed by atoms with E-state index in [1.54, 1.807) is 0 Å². The smallest absolute Gasteiger partial charge is 0.271 e. The van der Waals surface area contributed by atoms with Crippen LogP contribution in [0.15, 0.2) is 22.7 Å². The lowest BCUT2D eigenvalue weighted by atomic mass is 10.2. The van der Waals surface area contributed by atoms with E-state index >= 15 is 0 Å². The maximum Gasteiger partial charge on any atom is 0.271 e. The molecule has 0 spiro atoms. The summed E-state index contributed by atoms with van der Waals surface area (Å²) in [6.45, 7) is 0.578. The summed E-state index contributed by atoms with van der Waals surface area (Å²) in [6.07, 6.45) is 1.07. The largest absolute Gasteiger partial charge is 0.368 e. The molecule has 1 aliphatic heterocycles. The van der Waals surface area contributed by atoms with Crippen LogP contribution in [-0.4, -0.2) is 23.5 Å². The maximum atomic E-state index is 11.8. The Morgan fingerprint density at radius 1 is 1.56 bits per heavy atom. The first-order valence-electron chi connectivity index (χ1n) is 5.44. The molecule has 1 heterocycles. The van der Waals surface area contributed by atoms with Gasteiger partial charge in [0.1, 0.15) is 6.10 Å². The van der Waals surface area contributed by atoms with Crippen LogP contribution in [0, 0.1) is 10.1 Å². The van der Waals surface area contributed by atoms with Crippen molar-refractivity contribution in [3.8, 4) is 0 Å². The van der Waals surface area contributed by atoms with E-state index in [0.29, 0.717) is 23.2 Å². The number of non-ortho nitro benzene ring substituents is 1. The van der Waals surface area contributed by atoms with Gasteiger partial charge in [-0.1, -0.05) is 0 Å². The number of benzene rings is 1. The Bertz CT molecular complexity index is 486. The molecule has 18 heavy (non-hydrogen) atoms. The number of carbonyl (C=O) groups is 1. The summed E-state index contributed by atoms with van der Waals surface area (Å²) in [4.78, 5) is 22.0. The van der Waals surface area contributed by atoms with Crippen LogP contribution in [0.5, 0.6) is 0 Å². The van der Waals surface area contributed by atoms with E-state index in [0.717, 1.165) is 6.42 Å². The molecule has 2 rings (SSSR count). The first kappa shape index (κ1) is 13.0. The number of rotatable bonds is 3. The Balaban J connectivity index is 2.14. The van der Waals surface area contributed by atoms with Crippen molar-refractivity contribution < 1.29 is 14.5 Å². The van der Waals surface area contributed by atoms with Gasteiger partial charge in [0, 0.05) is 23.2 Å². The number of hydrogen-bond acceptors (Lipinski definition) is 4. The van der Waals surface area contributed by atoms with E-state index in [1.165, 1.54) is 18.2 Å². The van der Waals surface area contributed by atoms with E-state index in [4.69, 9.17) is 4.74 Å². The zero-order valence-electron chi connectivity index (χ0n) is 9.39. The number of amides is 1. The number of carbonyl (C=O) groups excluding carboxylic acids is 1. The Labute approximate surface area is 112 Å². The molecule has 1 N–H and O–H groups in total. The number of nitrogens with one attached hydrogen (secondary N) is 1. The van der Waals surface area contributed by atoms with Gasteiger partial charge in [0.25, 0.3) is 11.6 Å². The van der Waals surface area contributed by atoms with Crippen LogP contribution >= 0.6 is 15.9 Å². The minimum atomic E-state index is -0.506. The van der Waals surface area contributed by atoms with Gasteiger partial charge < -0.3 is 10.1 Å². The van der Waals surface area contributed by atoms with Crippen molar-refractivity contribution in [1.82, 2.24) is 0 Å². The number of nitro groups is 1. The molecule has 1 atom stereocenters. The van der Waals surface area contributed by atoms with Gasteiger partial charge in [-0.05, 0) is 34.8 Å². The number of nitro benzene ring substituents is 1. The molecule has 1 aliphatic rings. The average Bonchev–Trinajstić information content (AvgIpc) is 2.85. The number of ether oxygens (including phenoxy) is 1. The minimum absolute atomic E-state index is 0.0687. The third kappa shape index (κ3) is 2.85. The highest BCUT2D eigenvalue weighted by Gasteiger charge is 2.24. The van der Waals surface area contributed by atoms with Crippen molar-refractivity contribution in [2.45, 2.75) is 18.9 Å². The lowest BCUT2D eigenvalue weighted by molar-refractivity contribution is -0.384. The summed E-state index contributed by atoms with van der Waals surface area (Å²) in [5.41, 5.74) is 0.311. The molecule has 0 bridgehead atoms. The quantitative estimate of drug-likeness (QED) is 0.686. The summed E-state index contributed by atoms with van der Waals surface area (Å²) in [5, 5.41) is 13.3. The Morgan fingerprint density at radius 3 is 2.94 bits per heavy atom. The highest BCUT2D eigenvalue weighted by atomic mass is 79.9. The Kier molecular flexibility index (Phi) is 3.93. The summed E-state index contributed by atoms with van der Waals surface area (Å²) < 4.78 is 5.84. The molecule has 7 heteroatoms. The van der Waals surface area contributed by atoms with Crippen LogP contribution in [0.2, 0.25) is 0 Å². The van der Waals surface area contributed by atoms with E-state index < -0.39 is 11.0 Å². The van der Waals surface area contributed by atoms with Gasteiger partial charge in [0.05, 0.1) is 10.6 Å². The average molecular weight is 315 g/mol. The fraction of sp³-hybridized carbons (Fsp3) is 0.364. The lowest BCUT2D eigenvalue weighted by Crippen LogP contribution is -2.27. The van der Waals surface area contributed by atoms with Crippen molar-refractivity contribution in [1.29, 1.82) is 0 Å². The Morgan fingerprint density at radius 2 is 2.33 bits per heavy atom. The van der Waals surface area contributed by atoms with Crippen molar-refractivity contribution in [3.05, 3.63) is 32.8 Å². The van der Waals surface area contributed by atoms with Gasteiger partial charge >= 0.3 is 0 Å². The third-order valence-electron chi connectivity index (χ3n) is 2.64. The van der Waals surface area contributed by atoms with Crippen LogP contribution in [0.25, 0.3) is 0 Å². The molecular formula is C11H11BrN2O4. The van der Waals surface area contributed by atoms with E-state index in [1.807, 2.05) is 0 Å². The van der Waals surface area contributed by atoms with Gasteiger partial charge in [-0.2, -0.15) is 0 Å². The SMILES string of the molecule is O=C(Nc1cc([N+](=O)[O-])ccc1Br)C1CCCO1. The zero-order valence-corrected chi connectivity index (χ0v) is 11.0. The van der Waals surface area contributed by atoms with Gasteiger partial charge in [0.15, 0.2) is 0 Å². The molecule has 0 radical (unpaired) electrons. The number of hydrogen-bond donors (Lipinski definition) is 1. The second-order valence-electron chi connectivity index (χ2n) is 3.91. The second-order valence-corrected chi connectivity index (χ2v) is 4.77. The van der Waals surface area contributed by atoms with Crippen molar-refractivity contribution in [2.75, 3.05) is 11.9 Å². The van der Waals surface area contributed by atoms with E-state index in [2.05, 4.69) is 21.2 Å². The summed E-state index contributed by atoms with van der Waals surface area (Å²) in [7, 11) is 0. The van der Waals surface area contributed by atoms with Gasteiger partial charge in [-0.25, -0.2) is 0 Å². The second kappa shape index (κ2) is 5.45. The maximum absolute atomic E-state index is 11.8. The fourth-order valence-electron chi connectivity index (χ4n) is 1.72. The van der Waals surface area contributed by atoms with E-state index in [-0.39, 0.29) is 11.6 Å². The molecule has 1 saturated heterocycles. The lowest BCUT2D eigenvalue weighted by Gasteiger charge is -2.11. The molecule has 6 nitrogen and oxygen atoms in total. The Hall–Kier alpha value is -1.47. The van der Waals surface area contributed by atoms with Gasteiger partial charge in [-0.15, -0.1) is 0 Å². The minimum Gasteiger partial charge on any atom is -0.368 e. The highest BCUT2D eigenvalue weighted by molar-refractivity contribution is 9.10. The first-order valence-corrected chi connectivity index (χ1v) is 6.23. The molecule has 96 valence electrons. The molecule has 0 aliphatic carbocycles. The van der Waals surface area contributed by atoms with Crippen LogP contribution in [0.1, 0.15) is 12.8 Å². The third-order valence-corrected chi connectivity index (χ3v) is 3.33. The summed E-state index contributed by atoms with van der Waals surface area (Å²) in [5.74, 6) is -0.270. The van der Waals surface area contributed by atoms with Gasteiger partial charge in [0.2, 0.25) is 0 Å². The molecule has 1 amide bonds. The van der Waals surface area contributed by atoms with Crippen molar-refractivity contribution in [2.24, 2.45) is 0 Å². The zero-order chi connectivity index (χ0) is 13.1. The van der Waals surface area contributed by atoms with Crippen LogP contribution in [-0.2, 0) is 9.53 Å². The van der Waals surface area contributed by atoms with Gasteiger partial charge in [-0.3, -0.25) is 14.9 Å². The topological polar surface area (TPSA) is 81.5 Å². The number of nitrogens with zero attached hydrogens (tertiary/aromatic N) is 1. The van der Waals surface area contributed by atoms with Crippen LogP contribution in [0.3, 0.4) is 0 Å². The predicted octanol–water partition coefficient (Wildman–Crippen LogP) is 2.47. The monoisotopic (exact) mass is 314 g/mol. The molecule has 1 unspecified atom stereocenters. The highest BCUT2D eigenvalue weighted by Crippen LogP contribution is 2.27. The predicted molar refractivity (Wildman–Crippen MR) is 68.4 cm³/mol. The molecule has 0 aromatic heterocycles. The number of anilines is 1. The fourth-order valence-corrected chi connectivity index (χ4v) is 2.07. The summed E-state index contributed by atoms with van der Waals surface area (Å²) >= 11 is 3.24.